The second kappa shape index (κ2) is 13.0. The number of amides is 2. The Morgan fingerprint density at radius 2 is 1.14 bits per heavy atom. The summed E-state index contributed by atoms with van der Waals surface area (Å²) in [5, 5.41) is 5.25. The normalized spacial score (nSPS) is 12.1. The fraction of sp³-hybridized carbons (Fsp3) is 0.250. The number of carbonyl (C=O) groups is 4. The molecule has 0 aliphatic rings. The summed E-state index contributed by atoms with van der Waals surface area (Å²) >= 11 is 0. The molecule has 37 heavy (non-hydrogen) atoms. The van der Waals surface area contributed by atoms with Gasteiger partial charge in [0.2, 0.25) is 0 Å². The number of nitrogens with zero attached hydrogens (tertiary/aromatic N) is 1. The van der Waals surface area contributed by atoms with Crippen LogP contribution < -0.4 is 10.6 Å². The number of carbonyl (C=O) groups excluding carboxylic acids is 4. The van der Waals surface area contributed by atoms with Gasteiger partial charge in [-0.1, -0.05) is 66.2 Å². The molecule has 3 rings (SSSR count). The topological polar surface area (TPSA) is 124 Å². The van der Waals surface area contributed by atoms with Gasteiger partial charge in [-0.2, -0.15) is 0 Å². The Hall–Kier alpha value is -4.53. The van der Waals surface area contributed by atoms with Gasteiger partial charge in [0.05, 0.1) is 14.2 Å². The first kappa shape index (κ1) is 27.1. The highest BCUT2D eigenvalue weighted by Crippen LogP contribution is 2.10. The van der Waals surface area contributed by atoms with Crippen LogP contribution in [-0.4, -0.2) is 55.0 Å². The zero-order valence-corrected chi connectivity index (χ0v) is 20.9. The van der Waals surface area contributed by atoms with E-state index < -0.39 is 35.8 Å². The molecule has 2 aromatic carbocycles. The van der Waals surface area contributed by atoms with E-state index in [9.17, 15) is 19.2 Å². The number of pyridine rings is 1. The summed E-state index contributed by atoms with van der Waals surface area (Å²) in [5.41, 5.74) is 2.61. The van der Waals surface area contributed by atoms with Gasteiger partial charge in [-0.15, -0.1) is 0 Å². The molecule has 0 aliphatic carbocycles. The summed E-state index contributed by atoms with van der Waals surface area (Å²) in [6, 6.07) is 19.2. The van der Waals surface area contributed by atoms with Crippen molar-refractivity contribution in [3.05, 3.63) is 101 Å². The SMILES string of the molecule is COC(=O)C(Cc1ccccc1)NC(=O)c1cccc(C(=O)NC(Cc2ccc(C)cc2)C(=O)OC)n1. The number of methoxy groups -OCH3 is 2. The van der Waals surface area contributed by atoms with Gasteiger partial charge in [-0.3, -0.25) is 9.59 Å². The third-order valence-electron chi connectivity index (χ3n) is 5.64. The zero-order chi connectivity index (χ0) is 26.8. The number of benzene rings is 2. The quantitative estimate of drug-likeness (QED) is 0.407. The molecule has 0 fully saturated rings. The molecule has 192 valence electrons. The van der Waals surface area contributed by atoms with Crippen LogP contribution >= 0.6 is 0 Å². The monoisotopic (exact) mass is 503 g/mol. The third-order valence-corrected chi connectivity index (χ3v) is 5.64. The minimum atomic E-state index is -0.950. The van der Waals surface area contributed by atoms with Crippen LogP contribution in [0.1, 0.15) is 37.7 Å². The number of hydrogen-bond donors (Lipinski definition) is 2. The molecule has 1 aromatic heterocycles. The third kappa shape index (κ3) is 7.73. The van der Waals surface area contributed by atoms with Crippen LogP contribution in [0.3, 0.4) is 0 Å². The summed E-state index contributed by atoms with van der Waals surface area (Å²) < 4.78 is 9.68. The molecule has 2 amide bonds. The van der Waals surface area contributed by atoms with Crippen molar-refractivity contribution in [3.63, 3.8) is 0 Å². The Bertz CT molecular complexity index is 1240. The van der Waals surface area contributed by atoms with E-state index in [1.165, 1.54) is 32.4 Å². The Morgan fingerprint density at radius 1 is 0.676 bits per heavy atom. The average molecular weight is 504 g/mol. The molecule has 0 bridgehead atoms. The highest BCUT2D eigenvalue weighted by molar-refractivity contribution is 5.98. The molecule has 0 saturated carbocycles. The lowest BCUT2D eigenvalue weighted by molar-refractivity contribution is -0.143. The number of hydrogen-bond acceptors (Lipinski definition) is 7. The van der Waals surface area contributed by atoms with Gasteiger partial charge in [0.1, 0.15) is 23.5 Å². The summed E-state index contributed by atoms with van der Waals surface area (Å²) in [6.45, 7) is 1.95. The minimum absolute atomic E-state index is 0.0665. The van der Waals surface area contributed by atoms with E-state index in [-0.39, 0.29) is 24.2 Å². The smallest absolute Gasteiger partial charge is 0.328 e. The molecule has 2 atom stereocenters. The first-order valence-electron chi connectivity index (χ1n) is 11.6. The van der Waals surface area contributed by atoms with Gasteiger partial charge < -0.3 is 20.1 Å². The summed E-state index contributed by atoms with van der Waals surface area (Å²) in [6.07, 6.45) is 0.443. The molecule has 0 saturated heterocycles. The van der Waals surface area contributed by atoms with Crippen molar-refractivity contribution in [3.8, 4) is 0 Å². The highest BCUT2D eigenvalue weighted by atomic mass is 16.5. The molecule has 3 aromatic rings. The fourth-order valence-electron chi connectivity index (χ4n) is 3.63. The number of aromatic nitrogens is 1. The zero-order valence-electron chi connectivity index (χ0n) is 20.9. The lowest BCUT2D eigenvalue weighted by Crippen LogP contribution is -2.44. The van der Waals surface area contributed by atoms with E-state index in [0.717, 1.165) is 16.7 Å². The van der Waals surface area contributed by atoms with Crippen molar-refractivity contribution in [2.45, 2.75) is 31.8 Å². The molecule has 2 unspecified atom stereocenters. The van der Waals surface area contributed by atoms with Crippen LogP contribution in [0, 0.1) is 6.92 Å². The van der Waals surface area contributed by atoms with Crippen molar-refractivity contribution in [2.24, 2.45) is 0 Å². The summed E-state index contributed by atoms with van der Waals surface area (Å²) in [7, 11) is 2.48. The molecule has 2 N–H and O–H groups in total. The number of nitrogens with one attached hydrogen (secondary N) is 2. The largest absolute Gasteiger partial charge is 0.467 e. The maximum Gasteiger partial charge on any atom is 0.328 e. The Balaban J connectivity index is 1.73. The first-order chi connectivity index (χ1) is 17.8. The number of ether oxygens (including phenoxy) is 2. The van der Waals surface area contributed by atoms with E-state index >= 15 is 0 Å². The van der Waals surface area contributed by atoms with Gasteiger partial charge in [-0.25, -0.2) is 14.6 Å². The Kier molecular flexibility index (Phi) is 9.48. The van der Waals surface area contributed by atoms with Crippen molar-refractivity contribution in [1.82, 2.24) is 15.6 Å². The van der Waals surface area contributed by atoms with Gasteiger partial charge in [0.25, 0.3) is 11.8 Å². The number of rotatable bonds is 10. The maximum absolute atomic E-state index is 12.9. The molecule has 9 heteroatoms. The van der Waals surface area contributed by atoms with Crippen LogP contribution in [0.4, 0.5) is 0 Å². The predicted molar refractivity (Wildman–Crippen MR) is 136 cm³/mol. The summed E-state index contributed by atoms with van der Waals surface area (Å²) in [4.78, 5) is 54.6. The molecule has 1 heterocycles. The van der Waals surface area contributed by atoms with Crippen LogP contribution in [0.25, 0.3) is 0 Å². The van der Waals surface area contributed by atoms with Crippen molar-refractivity contribution < 1.29 is 28.7 Å². The van der Waals surface area contributed by atoms with Gasteiger partial charge >= 0.3 is 11.9 Å². The average Bonchev–Trinajstić information content (AvgIpc) is 2.93. The van der Waals surface area contributed by atoms with E-state index in [2.05, 4.69) is 15.6 Å². The number of esters is 2. The van der Waals surface area contributed by atoms with Gasteiger partial charge in [0.15, 0.2) is 0 Å². The molecule has 0 radical (unpaired) electrons. The standard InChI is InChI=1S/C28H29N3O6/c1-18-12-14-20(15-13-18)17-24(28(35)37-3)31-26(33)22-11-7-10-21(29-22)25(32)30-23(27(34)36-2)16-19-8-5-4-6-9-19/h4-15,23-24H,16-17H2,1-3H3,(H,30,32)(H,31,33). The van der Waals surface area contributed by atoms with E-state index in [1.54, 1.807) is 0 Å². The predicted octanol–water partition coefficient (Wildman–Crippen LogP) is 2.42. The number of aryl methyl sites for hydroxylation is 1. The van der Waals surface area contributed by atoms with E-state index in [0.29, 0.717) is 0 Å². The van der Waals surface area contributed by atoms with Gasteiger partial charge in [-0.05, 0) is 30.2 Å². The van der Waals surface area contributed by atoms with Crippen LogP contribution in [-0.2, 0) is 31.9 Å². The Morgan fingerprint density at radius 3 is 1.59 bits per heavy atom. The second-order valence-electron chi connectivity index (χ2n) is 8.39. The lowest BCUT2D eigenvalue weighted by atomic mass is 10.0. The second-order valence-corrected chi connectivity index (χ2v) is 8.39. The Labute approximate surface area is 215 Å². The van der Waals surface area contributed by atoms with E-state index in [4.69, 9.17) is 9.47 Å². The lowest BCUT2D eigenvalue weighted by Gasteiger charge is -2.18. The van der Waals surface area contributed by atoms with Crippen molar-refractivity contribution in [1.29, 1.82) is 0 Å². The molecule has 9 nitrogen and oxygen atoms in total. The van der Waals surface area contributed by atoms with Crippen molar-refractivity contribution >= 4 is 23.8 Å². The molecular weight excluding hydrogens is 474 g/mol. The van der Waals surface area contributed by atoms with Crippen LogP contribution in [0.2, 0.25) is 0 Å². The maximum atomic E-state index is 12.9. The minimum Gasteiger partial charge on any atom is -0.467 e. The molecule has 0 spiro atoms. The van der Waals surface area contributed by atoms with Crippen molar-refractivity contribution in [2.75, 3.05) is 14.2 Å². The first-order valence-corrected chi connectivity index (χ1v) is 11.6. The van der Waals surface area contributed by atoms with Gasteiger partial charge in [0, 0.05) is 12.8 Å². The van der Waals surface area contributed by atoms with Crippen LogP contribution in [0.15, 0.2) is 72.8 Å². The molecule has 0 aliphatic heterocycles. The molecular formula is C28H29N3O6. The van der Waals surface area contributed by atoms with E-state index in [1.807, 2.05) is 61.5 Å². The fourth-order valence-corrected chi connectivity index (χ4v) is 3.63. The van der Waals surface area contributed by atoms with Crippen LogP contribution in [0.5, 0.6) is 0 Å². The highest BCUT2D eigenvalue weighted by Gasteiger charge is 2.26. The summed E-state index contributed by atoms with van der Waals surface area (Å²) in [5.74, 6) is -2.51.